The molecule has 148 valence electrons. The highest BCUT2D eigenvalue weighted by atomic mass is 16.5. The second-order valence-electron chi connectivity index (χ2n) is 8.21. The van der Waals surface area contributed by atoms with E-state index >= 15 is 0 Å². The second-order valence-corrected chi connectivity index (χ2v) is 8.21. The van der Waals surface area contributed by atoms with E-state index in [-0.39, 0.29) is 18.1 Å². The minimum absolute atomic E-state index is 0.00332. The van der Waals surface area contributed by atoms with Gasteiger partial charge in [0.2, 0.25) is 0 Å². The lowest BCUT2D eigenvalue weighted by atomic mass is 9.85. The first-order chi connectivity index (χ1) is 13.7. The van der Waals surface area contributed by atoms with Gasteiger partial charge in [0, 0.05) is 18.5 Å². The summed E-state index contributed by atoms with van der Waals surface area (Å²) in [6.45, 7) is 0.824. The molecule has 2 aliphatic rings. The van der Waals surface area contributed by atoms with Crippen molar-refractivity contribution in [3.05, 3.63) is 59.7 Å². The van der Waals surface area contributed by atoms with E-state index in [2.05, 4.69) is 41.7 Å². The molecule has 4 heteroatoms. The van der Waals surface area contributed by atoms with Gasteiger partial charge in [0.25, 0.3) is 0 Å². The van der Waals surface area contributed by atoms with Gasteiger partial charge in [-0.15, -0.1) is 0 Å². The lowest BCUT2D eigenvalue weighted by molar-refractivity contribution is 0.142. The minimum atomic E-state index is -0.374. The average molecular weight is 379 g/mol. The van der Waals surface area contributed by atoms with Gasteiger partial charge in [-0.05, 0) is 34.6 Å². The summed E-state index contributed by atoms with van der Waals surface area (Å²) in [5, 5.41) is 2.86. The monoisotopic (exact) mass is 378 g/mol. The van der Waals surface area contributed by atoms with Gasteiger partial charge in [-0.1, -0.05) is 80.6 Å². The van der Waals surface area contributed by atoms with Crippen molar-refractivity contribution in [3.8, 4) is 11.1 Å². The maximum atomic E-state index is 12.2. The summed E-state index contributed by atoms with van der Waals surface area (Å²) < 4.78 is 5.57. The van der Waals surface area contributed by atoms with Crippen molar-refractivity contribution in [2.75, 3.05) is 13.2 Å². The van der Waals surface area contributed by atoms with Crippen molar-refractivity contribution >= 4 is 6.09 Å². The fourth-order valence-electron chi connectivity index (χ4n) is 4.80. The molecule has 0 radical (unpaired) electrons. The lowest BCUT2D eigenvalue weighted by Crippen LogP contribution is -2.39. The zero-order valence-corrected chi connectivity index (χ0v) is 16.4. The summed E-state index contributed by atoms with van der Waals surface area (Å²) in [7, 11) is 0. The molecule has 1 fully saturated rings. The summed E-state index contributed by atoms with van der Waals surface area (Å²) in [6.07, 6.45) is 7.15. The number of hydrogen-bond donors (Lipinski definition) is 2. The molecule has 3 N–H and O–H groups in total. The molecule has 0 unspecified atom stereocenters. The SMILES string of the molecule is N[C@@H](CNC(=O)OCC1c2ccccc2-c2ccccc21)CC1CCCCC1. The molecule has 0 saturated heterocycles. The summed E-state index contributed by atoms with van der Waals surface area (Å²) in [5.74, 6) is 0.808. The van der Waals surface area contributed by atoms with Crippen LogP contribution in [-0.2, 0) is 4.74 Å². The van der Waals surface area contributed by atoms with Crippen LogP contribution in [0.2, 0.25) is 0 Å². The van der Waals surface area contributed by atoms with Gasteiger partial charge in [0.1, 0.15) is 6.61 Å². The van der Waals surface area contributed by atoms with E-state index in [1.165, 1.54) is 54.4 Å². The van der Waals surface area contributed by atoms with Crippen molar-refractivity contribution in [3.63, 3.8) is 0 Å². The Morgan fingerprint density at radius 1 is 1.00 bits per heavy atom. The molecule has 0 spiro atoms. The van der Waals surface area contributed by atoms with Crippen LogP contribution >= 0.6 is 0 Å². The van der Waals surface area contributed by atoms with Gasteiger partial charge in [0.05, 0.1) is 0 Å². The maximum absolute atomic E-state index is 12.2. The van der Waals surface area contributed by atoms with Gasteiger partial charge >= 0.3 is 6.09 Å². The number of carbonyl (C=O) groups excluding carboxylic acids is 1. The quantitative estimate of drug-likeness (QED) is 0.757. The molecule has 2 aliphatic carbocycles. The first kappa shape index (κ1) is 19.0. The third-order valence-corrected chi connectivity index (χ3v) is 6.21. The van der Waals surface area contributed by atoms with Crippen LogP contribution in [0.25, 0.3) is 11.1 Å². The molecular weight excluding hydrogens is 348 g/mol. The molecule has 28 heavy (non-hydrogen) atoms. The first-order valence-electron chi connectivity index (χ1n) is 10.6. The Morgan fingerprint density at radius 3 is 2.25 bits per heavy atom. The van der Waals surface area contributed by atoms with E-state index in [1.807, 2.05) is 12.1 Å². The highest BCUT2D eigenvalue weighted by Crippen LogP contribution is 2.44. The number of nitrogens with one attached hydrogen (secondary N) is 1. The summed E-state index contributed by atoms with van der Waals surface area (Å²) in [6, 6.07) is 16.7. The number of carbonyl (C=O) groups is 1. The van der Waals surface area contributed by atoms with Crippen LogP contribution in [0.5, 0.6) is 0 Å². The minimum Gasteiger partial charge on any atom is -0.449 e. The zero-order chi connectivity index (χ0) is 19.3. The molecule has 1 saturated carbocycles. The number of ether oxygens (including phenoxy) is 1. The molecule has 0 aromatic heterocycles. The fourth-order valence-corrected chi connectivity index (χ4v) is 4.80. The highest BCUT2D eigenvalue weighted by molar-refractivity contribution is 5.79. The van der Waals surface area contributed by atoms with E-state index in [4.69, 9.17) is 10.5 Å². The van der Waals surface area contributed by atoms with E-state index in [9.17, 15) is 4.79 Å². The lowest BCUT2D eigenvalue weighted by Gasteiger charge is -2.24. The Hall–Kier alpha value is -2.33. The van der Waals surface area contributed by atoms with Crippen LogP contribution in [0.1, 0.15) is 55.6 Å². The van der Waals surface area contributed by atoms with E-state index in [0.29, 0.717) is 19.1 Å². The van der Waals surface area contributed by atoms with E-state index in [0.717, 1.165) is 6.42 Å². The van der Waals surface area contributed by atoms with Crippen molar-refractivity contribution in [1.29, 1.82) is 0 Å². The van der Waals surface area contributed by atoms with E-state index < -0.39 is 0 Å². The van der Waals surface area contributed by atoms with Crippen molar-refractivity contribution in [1.82, 2.24) is 5.32 Å². The van der Waals surface area contributed by atoms with Gasteiger partial charge in [-0.3, -0.25) is 0 Å². The molecule has 0 heterocycles. The van der Waals surface area contributed by atoms with Gasteiger partial charge in [-0.25, -0.2) is 4.79 Å². The summed E-state index contributed by atoms with van der Waals surface area (Å²) >= 11 is 0. The third-order valence-electron chi connectivity index (χ3n) is 6.21. The Labute approximate surface area is 167 Å². The zero-order valence-electron chi connectivity index (χ0n) is 16.4. The summed E-state index contributed by atoms with van der Waals surface area (Å²) in [4.78, 5) is 12.2. The number of hydrogen-bond acceptors (Lipinski definition) is 3. The number of nitrogens with two attached hydrogens (primary N) is 1. The maximum Gasteiger partial charge on any atom is 0.407 e. The van der Waals surface area contributed by atoms with E-state index in [1.54, 1.807) is 0 Å². The second kappa shape index (κ2) is 8.78. The molecule has 2 aromatic rings. The highest BCUT2D eigenvalue weighted by Gasteiger charge is 2.29. The Kier molecular flexibility index (Phi) is 5.96. The fraction of sp³-hybridized carbons (Fsp3) is 0.458. The number of benzene rings is 2. The van der Waals surface area contributed by atoms with Gasteiger partial charge in [0.15, 0.2) is 0 Å². The Balaban J connectivity index is 1.29. The standard InChI is InChI=1S/C24H30N2O2/c25-18(14-17-8-2-1-3-9-17)15-26-24(27)28-16-23-21-12-6-4-10-19(21)20-11-5-7-13-22(20)23/h4-7,10-13,17-18,23H,1-3,8-9,14-16,25H2,(H,26,27)/t18-/m1/s1. The summed E-state index contributed by atoms with van der Waals surface area (Å²) in [5.41, 5.74) is 11.2. The predicted octanol–water partition coefficient (Wildman–Crippen LogP) is 4.82. The van der Waals surface area contributed by atoms with Crippen LogP contribution in [-0.4, -0.2) is 25.3 Å². The number of alkyl carbamates (subject to hydrolysis) is 1. The van der Waals surface area contributed by atoms with Gasteiger partial charge in [-0.2, -0.15) is 0 Å². The molecule has 0 bridgehead atoms. The molecule has 4 nitrogen and oxygen atoms in total. The molecule has 1 amide bonds. The first-order valence-corrected chi connectivity index (χ1v) is 10.6. The van der Waals surface area contributed by atoms with Crippen LogP contribution in [0.3, 0.4) is 0 Å². The van der Waals surface area contributed by atoms with Crippen LogP contribution in [0.4, 0.5) is 4.79 Å². The van der Waals surface area contributed by atoms with Crippen LogP contribution in [0, 0.1) is 5.92 Å². The average Bonchev–Trinajstić information content (AvgIpc) is 3.05. The Morgan fingerprint density at radius 2 is 1.61 bits per heavy atom. The molecule has 1 atom stereocenters. The van der Waals surface area contributed by atoms with Crippen LogP contribution in [0.15, 0.2) is 48.5 Å². The molecule has 0 aliphatic heterocycles. The molecular formula is C24H30N2O2. The van der Waals surface area contributed by atoms with Crippen LogP contribution < -0.4 is 11.1 Å². The molecule has 4 rings (SSSR count). The van der Waals surface area contributed by atoms with Gasteiger partial charge < -0.3 is 15.8 Å². The predicted molar refractivity (Wildman–Crippen MR) is 112 cm³/mol. The topological polar surface area (TPSA) is 64.3 Å². The van der Waals surface area contributed by atoms with Crippen molar-refractivity contribution in [2.24, 2.45) is 11.7 Å². The van der Waals surface area contributed by atoms with Crippen molar-refractivity contribution < 1.29 is 9.53 Å². The smallest absolute Gasteiger partial charge is 0.407 e. The number of rotatable bonds is 6. The third kappa shape index (κ3) is 4.22. The largest absolute Gasteiger partial charge is 0.449 e. The Bertz CT molecular complexity index is 768. The number of fused-ring (bicyclic) bond motifs is 3. The number of amides is 1. The normalized spacial score (nSPS) is 17.6. The van der Waals surface area contributed by atoms with Crippen molar-refractivity contribution in [2.45, 2.75) is 50.5 Å². The molecule has 2 aromatic carbocycles.